The number of piperidine rings is 1. The zero-order valence-corrected chi connectivity index (χ0v) is 11.3. The molecule has 1 heterocycles. The van der Waals surface area contributed by atoms with E-state index in [-0.39, 0.29) is 6.04 Å². The number of likely N-dealkylation sites (tertiary alicyclic amines) is 1. The Hall–Kier alpha value is -1.55. The van der Waals surface area contributed by atoms with Crippen molar-refractivity contribution in [1.82, 2.24) is 4.90 Å². The summed E-state index contributed by atoms with van der Waals surface area (Å²) in [6, 6.07) is 9.44. The lowest BCUT2D eigenvalue weighted by atomic mass is 9.97. The van der Waals surface area contributed by atoms with E-state index in [0.29, 0.717) is 5.92 Å². The van der Waals surface area contributed by atoms with Crippen LogP contribution >= 0.6 is 0 Å². The maximum absolute atomic E-state index is 10.9. The zero-order valence-electron chi connectivity index (χ0n) is 11.3. The molecule has 0 unspecified atom stereocenters. The Labute approximate surface area is 114 Å². The topological polar surface area (TPSA) is 49.8 Å². The van der Waals surface area contributed by atoms with Crippen LogP contribution in [0.5, 0.6) is 5.75 Å². The van der Waals surface area contributed by atoms with E-state index in [1.165, 1.54) is 0 Å². The summed E-state index contributed by atoms with van der Waals surface area (Å²) < 4.78 is 5.75. The van der Waals surface area contributed by atoms with Gasteiger partial charge in [0.1, 0.15) is 11.8 Å². The van der Waals surface area contributed by atoms with Crippen LogP contribution in [0.2, 0.25) is 0 Å². The van der Waals surface area contributed by atoms with Gasteiger partial charge in [-0.2, -0.15) is 0 Å². The van der Waals surface area contributed by atoms with Crippen molar-refractivity contribution in [2.75, 3.05) is 19.7 Å². The third-order valence-corrected chi connectivity index (χ3v) is 3.78. The average molecular weight is 263 g/mol. The fourth-order valence-electron chi connectivity index (χ4n) is 2.39. The maximum atomic E-state index is 10.9. The van der Waals surface area contributed by atoms with E-state index in [0.717, 1.165) is 38.3 Å². The summed E-state index contributed by atoms with van der Waals surface area (Å²) in [6.45, 7) is 4.16. The minimum Gasteiger partial charge on any atom is -0.493 e. The first-order valence-corrected chi connectivity index (χ1v) is 6.81. The molecule has 1 aromatic rings. The lowest BCUT2D eigenvalue weighted by Gasteiger charge is -2.34. The van der Waals surface area contributed by atoms with E-state index in [4.69, 9.17) is 9.84 Å². The lowest BCUT2D eigenvalue weighted by Crippen LogP contribution is -2.44. The van der Waals surface area contributed by atoms with Gasteiger partial charge in [0.25, 0.3) is 0 Å². The van der Waals surface area contributed by atoms with E-state index < -0.39 is 5.97 Å². The van der Waals surface area contributed by atoms with Crippen LogP contribution < -0.4 is 4.74 Å². The molecule has 0 aliphatic carbocycles. The zero-order chi connectivity index (χ0) is 13.7. The van der Waals surface area contributed by atoms with Gasteiger partial charge in [0, 0.05) is 0 Å². The Morgan fingerprint density at radius 3 is 2.58 bits per heavy atom. The van der Waals surface area contributed by atoms with Gasteiger partial charge in [-0.15, -0.1) is 0 Å². The number of carboxylic acids is 1. The Morgan fingerprint density at radius 1 is 1.37 bits per heavy atom. The van der Waals surface area contributed by atoms with E-state index >= 15 is 0 Å². The van der Waals surface area contributed by atoms with Crippen LogP contribution in [0.25, 0.3) is 0 Å². The number of aliphatic carboxylic acids is 1. The number of benzene rings is 1. The van der Waals surface area contributed by atoms with Crippen LogP contribution in [-0.4, -0.2) is 41.7 Å². The summed E-state index contributed by atoms with van der Waals surface area (Å²) in [5, 5.41) is 8.99. The number of hydrogen-bond acceptors (Lipinski definition) is 3. The standard InChI is InChI=1S/C15H21NO3/c1-12(15(17)18)16-9-7-13(8-10-16)11-19-14-5-3-2-4-6-14/h2-6,12-13H,7-11H2,1H3,(H,17,18)/t12-/m0/s1. The van der Waals surface area contributed by atoms with Gasteiger partial charge in [-0.3, -0.25) is 9.69 Å². The van der Waals surface area contributed by atoms with Crippen LogP contribution in [0.4, 0.5) is 0 Å². The highest BCUT2D eigenvalue weighted by atomic mass is 16.5. The summed E-state index contributed by atoms with van der Waals surface area (Å²) in [7, 11) is 0. The van der Waals surface area contributed by atoms with Gasteiger partial charge < -0.3 is 9.84 Å². The number of carboxylic acid groups (broad SMARTS) is 1. The first-order chi connectivity index (χ1) is 9.16. The third-order valence-electron chi connectivity index (χ3n) is 3.78. The van der Waals surface area contributed by atoms with Gasteiger partial charge in [0.2, 0.25) is 0 Å². The summed E-state index contributed by atoms with van der Waals surface area (Å²) >= 11 is 0. The van der Waals surface area contributed by atoms with Gasteiger partial charge in [0.05, 0.1) is 6.61 Å². The van der Waals surface area contributed by atoms with Crippen LogP contribution in [0.1, 0.15) is 19.8 Å². The molecule has 1 fully saturated rings. The van der Waals surface area contributed by atoms with Crippen molar-refractivity contribution in [2.24, 2.45) is 5.92 Å². The highest BCUT2D eigenvalue weighted by Crippen LogP contribution is 2.20. The molecule has 1 aliphatic rings. The Morgan fingerprint density at radius 2 is 2.00 bits per heavy atom. The lowest BCUT2D eigenvalue weighted by molar-refractivity contribution is -0.143. The molecule has 19 heavy (non-hydrogen) atoms. The molecule has 1 saturated heterocycles. The number of nitrogens with zero attached hydrogens (tertiary/aromatic N) is 1. The monoisotopic (exact) mass is 263 g/mol. The van der Waals surface area contributed by atoms with Gasteiger partial charge in [-0.05, 0) is 50.9 Å². The van der Waals surface area contributed by atoms with E-state index in [1.807, 2.05) is 35.2 Å². The molecule has 0 radical (unpaired) electrons. The molecular formula is C15H21NO3. The third kappa shape index (κ3) is 3.96. The minimum absolute atomic E-state index is 0.379. The molecule has 1 aliphatic heterocycles. The van der Waals surface area contributed by atoms with Crippen molar-refractivity contribution in [2.45, 2.75) is 25.8 Å². The fourth-order valence-corrected chi connectivity index (χ4v) is 2.39. The summed E-state index contributed by atoms with van der Waals surface area (Å²) in [5.74, 6) is 0.695. The van der Waals surface area contributed by atoms with Crippen molar-refractivity contribution in [3.05, 3.63) is 30.3 Å². The molecule has 0 saturated carbocycles. The molecule has 2 rings (SSSR count). The van der Waals surface area contributed by atoms with Crippen LogP contribution in [-0.2, 0) is 4.79 Å². The van der Waals surface area contributed by atoms with E-state index in [1.54, 1.807) is 6.92 Å². The second-order valence-electron chi connectivity index (χ2n) is 5.12. The molecule has 4 heteroatoms. The minimum atomic E-state index is -0.737. The number of rotatable bonds is 5. The SMILES string of the molecule is C[C@@H](C(=O)O)N1CCC(COc2ccccc2)CC1. The Balaban J connectivity index is 1.73. The molecule has 104 valence electrons. The van der Waals surface area contributed by atoms with Crippen LogP contribution in [0, 0.1) is 5.92 Å². The van der Waals surface area contributed by atoms with E-state index in [9.17, 15) is 4.79 Å². The average Bonchev–Trinajstić information content (AvgIpc) is 2.46. The van der Waals surface area contributed by atoms with Crippen molar-refractivity contribution < 1.29 is 14.6 Å². The predicted molar refractivity (Wildman–Crippen MR) is 73.3 cm³/mol. The summed E-state index contributed by atoms with van der Waals surface area (Å²) in [4.78, 5) is 13.0. The predicted octanol–water partition coefficient (Wildman–Crippen LogP) is 2.25. The summed E-state index contributed by atoms with van der Waals surface area (Å²) in [5.41, 5.74) is 0. The van der Waals surface area contributed by atoms with Gasteiger partial charge in [-0.25, -0.2) is 0 Å². The second-order valence-corrected chi connectivity index (χ2v) is 5.12. The molecule has 0 aromatic heterocycles. The first-order valence-electron chi connectivity index (χ1n) is 6.81. The molecule has 1 atom stereocenters. The maximum Gasteiger partial charge on any atom is 0.320 e. The Kier molecular flexibility index (Phi) is 4.80. The normalized spacial score (nSPS) is 19.0. The van der Waals surface area contributed by atoms with Gasteiger partial charge >= 0.3 is 5.97 Å². The van der Waals surface area contributed by atoms with E-state index in [2.05, 4.69) is 0 Å². The second kappa shape index (κ2) is 6.57. The van der Waals surface area contributed by atoms with Crippen LogP contribution in [0.3, 0.4) is 0 Å². The van der Waals surface area contributed by atoms with Crippen molar-refractivity contribution in [3.63, 3.8) is 0 Å². The van der Waals surface area contributed by atoms with Gasteiger partial charge in [-0.1, -0.05) is 18.2 Å². The number of ether oxygens (including phenoxy) is 1. The molecule has 0 spiro atoms. The quantitative estimate of drug-likeness (QED) is 0.885. The molecule has 0 amide bonds. The first kappa shape index (κ1) is 13.9. The highest BCUT2D eigenvalue weighted by molar-refractivity contribution is 5.72. The van der Waals surface area contributed by atoms with Crippen molar-refractivity contribution in [1.29, 1.82) is 0 Å². The molecule has 1 aromatic carbocycles. The van der Waals surface area contributed by atoms with Crippen molar-refractivity contribution in [3.8, 4) is 5.75 Å². The molecular weight excluding hydrogens is 242 g/mol. The van der Waals surface area contributed by atoms with Crippen LogP contribution in [0.15, 0.2) is 30.3 Å². The molecule has 4 nitrogen and oxygen atoms in total. The highest BCUT2D eigenvalue weighted by Gasteiger charge is 2.26. The van der Waals surface area contributed by atoms with Gasteiger partial charge in [0.15, 0.2) is 0 Å². The fraction of sp³-hybridized carbons (Fsp3) is 0.533. The van der Waals surface area contributed by atoms with Crippen molar-refractivity contribution >= 4 is 5.97 Å². The molecule has 1 N–H and O–H groups in total. The molecule has 0 bridgehead atoms. The number of hydrogen-bond donors (Lipinski definition) is 1. The smallest absolute Gasteiger partial charge is 0.320 e. The number of carbonyl (C=O) groups is 1. The summed E-state index contributed by atoms with van der Waals surface area (Å²) in [6.07, 6.45) is 2.01. The largest absolute Gasteiger partial charge is 0.493 e. The number of para-hydroxylation sites is 1. The Bertz CT molecular complexity index is 399.